The molecule has 0 radical (unpaired) electrons. The summed E-state index contributed by atoms with van der Waals surface area (Å²) in [6.45, 7) is 1.56. The lowest BCUT2D eigenvalue weighted by Gasteiger charge is -2.08. The minimum atomic E-state index is -0.682. The number of esters is 1. The molecular formula is C19H15Cl2NO4. The van der Waals surface area contributed by atoms with Gasteiger partial charge < -0.3 is 14.5 Å². The Hall–Kier alpha value is -2.50. The van der Waals surface area contributed by atoms with Crippen LogP contribution in [0.25, 0.3) is 11.0 Å². The Morgan fingerprint density at radius 2 is 1.92 bits per heavy atom. The topological polar surface area (TPSA) is 68.5 Å². The van der Waals surface area contributed by atoms with Gasteiger partial charge in [-0.15, -0.1) is 0 Å². The summed E-state index contributed by atoms with van der Waals surface area (Å²) in [5, 5.41) is 4.43. The summed E-state index contributed by atoms with van der Waals surface area (Å²) in [5.41, 5.74) is 1.99. The van der Waals surface area contributed by atoms with Crippen LogP contribution in [0.15, 0.2) is 46.9 Å². The number of ether oxygens (including phenoxy) is 1. The first-order chi connectivity index (χ1) is 12.5. The molecule has 0 atom stereocenters. The number of rotatable bonds is 5. The quantitative estimate of drug-likeness (QED) is 0.649. The number of amides is 1. The van der Waals surface area contributed by atoms with Gasteiger partial charge in [0.05, 0.1) is 0 Å². The Balaban J connectivity index is 1.56. The van der Waals surface area contributed by atoms with E-state index in [1.165, 1.54) is 0 Å². The van der Waals surface area contributed by atoms with Crippen molar-refractivity contribution in [1.29, 1.82) is 0 Å². The van der Waals surface area contributed by atoms with E-state index in [2.05, 4.69) is 5.32 Å². The third kappa shape index (κ3) is 4.00. The first-order valence-corrected chi connectivity index (χ1v) is 8.57. The third-order valence-electron chi connectivity index (χ3n) is 3.85. The van der Waals surface area contributed by atoms with Crippen molar-refractivity contribution in [2.75, 3.05) is 6.61 Å². The zero-order valence-electron chi connectivity index (χ0n) is 13.8. The highest BCUT2D eigenvalue weighted by atomic mass is 35.5. The Bertz CT molecular complexity index is 981. The zero-order chi connectivity index (χ0) is 18.7. The number of furan rings is 1. The van der Waals surface area contributed by atoms with Crippen molar-refractivity contribution in [2.24, 2.45) is 0 Å². The fraction of sp³-hybridized carbons (Fsp3) is 0.158. The standard InChI is InChI=1S/C19H15Cl2NO4/c1-11-14-4-2-3-5-16(14)26-18(11)19(24)25-10-17(23)22-9-12-6-7-13(20)8-15(12)21/h2-8H,9-10H2,1H3,(H,22,23). The highest BCUT2D eigenvalue weighted by Gasteiger charge is 2.19. The lowest BCUT2D eigenvalue weighted by molar-refractivity contribution is -0.124. The van der Waals surface area contributed by atoms with E-state index >= 15 is 0 Å². The Labute approximate surface area is 159 Å². The number of carbonyl (C=O) groups is 2. The molecule has 0 saturated heterocycles. The summed E-state index contributed by atoms with van der Waals surface area (Å²) in [5.74, 6) is -1.03. The van der Waals surface area contributed by atoms with Crippen LogP contribution in [0.4, 0.5) is 0 Å². The summed E-state index contributed by atoms with van der Waals surface area (Å²) in [7, 11) is 0. The average molecular weight is 392 g/mol. The van der Waals surface area contributed by atoms with Gasteiger partial charge in [-0.2, -0.15) is 0 Å². The second-order valence-corrected chi connectivity index (χ2v) is 6.48. The van der Waals surface area contributed by atoms with Crippen molar-refractivity contribution in [1.82, 2.24) is 5.32 Å². The number of halogens is 2. The van der Waals surface area contributed by atoms with Gasteiger partial charge in [-0.1, -0.05) is 47.5 Å². The molecule has 7 heteroatoms. The fourth-order valence-corrected chi connectivity index (χ4v) is 2.95. The van der Waals surface area contributed by atoms with Gasteiger partial charge >= 0.3 is 5.97 Å². The van der Waals surface area contributed by atoms with Gasteiger partial charge in [0.2, 0.25) is 5.76 Å². The molecule has 0 bridgehead atoms. The van der Waals surface area contributed by atoms with E-state index in [1.807, 2.05) is 18.2 Å². The third-order valence-corrected chi connectivity index (χ3v) is 4.44. The van der Waals surface area contributed by atoms with Crippen LogP contribution in [0.3, 0.4) is 0 Å². The molecular weight excluding hydrogens is 377 g/mol. The Morgan fingerprint density at radius 3 is 2.65 bits per heavy atom. The monoisotopic (exact) mass is 391 g/mol. The van der Waals surface area contributed by atoms with Crippen molar-refractivity contribution >= 4 is 46.0 Å². The van der Waals surface area contributed by atoms with Crippen molar-refractivity contribution in [3.05, 3.63) is 69.4 Å². The summed E-state index contributed by atoms with van der Waals surface area (Å²) < 4.78 is 10.6. The largest absolute Gasteiger partial charge is 0.450 e. The fourth-order valence-electron chi connectivity index (χ4n) is 2.48. The van der Waals surface area contributed by atoms with Crippen LogP contribution in [0.1, 0.15) is 21.7 Å². The molecule has 3 rings (SSSR count). The van der Waals surface area contributed by atoms with E-state index in [0.717, 1.165) is 5.39 Å². The van der Waals surface area contributed by atoms with Crippen LogP contribution in [-0.4, -0.2) is 18.5 Å². The lowest BCUT2D eigenvalue weighted by Crippen LogP contribution is -2.28. The summed E-state index contributed by atoms with van der Waals surface area (Å²) >= 11 is 11.9. The number of fused-ring (bicyclic) bond motifs is 1. The van der Waals surface area contributed by atoms with Crippen LogP contribution >= 0.6 is 23.2 Å². The molecule has 0 aliphatic carbocycles. The van der Waals surface area contributed by atoms with E-state index in [9.17, 15) is 9.59 Å². The number of hydrogen-bond donors (Lipinski definition) is 1. The van der Waals surface area contributed by atoms with Crippen molar-refractivity contribution in [3.63, 3.8) is 0 Å². The van der Waals surface area contributed by atoms with Gasteiger partial charge in [-0.25, -0.2) is 4.79 Å². The lowest BCUT2D eigenvalue weighted by atomic mass is 10.1. The molecule has 1 heterocycles. The van der Waals surface area contributed by atoms with Gasteiger partial charge in [0.1, 0.15) is 5.58 Å². The number of benzene rings is 2. The predicted molar refractivity (Wildman–Crippen MR) is 99.5 cm³/mol. The molecule has 0 aliphatic heterocycles. The maximum absolute atomic E-state index is 12.2. The molecule has 5 nitrogen and oxygen atoms in total. The SMILES string of the molecule is Cc1c(C(=O)OCC(=O)NCc2ccc(Cl)cc2Cl)oc2ccccc12. The molecule has 26 heavy (non-hydrogen) atoms. The Morgan fingerprint density at radius 1 is 1.15 bits per heavy atom. The molecule has 0 spiro atoms. The first kappa shape index (κ1) is 18.3. The van der Waals surface area contributed by atoms with Crippen molar-refractivity contribution in [3.8, 4) is 0 Å². The number of nitrogens with one attached hydrogen (secondary N) is 1. The molecule has 0 aliphatic rings. The van der Waals surface area contributed by atoms with Crippen LogP contribution < -0.4 is 5.32 Å². The number of carbonyl (C=O) groups excluding carboxylic acids is 2. The molecule has 1 amide bonds. The van der Waals surface area contributed by atoms with Crippen LogP contribution in [0, 0.1) is 6.92 Å². The van der Waals surface area contributed by atoms with Crippen LogP contribution in [-0.2, 0) is 16.1 Å². The van der Waals surface area contributed by atoms with E-state index in [4.69, 9.17) is 32.4 Å². The maximum Gasteiger partial charge on any atom is 0.375 e. The molecule has 3 aromatic rings. The first-order valence-electron chi connectivity index (χ1n) is 7.81. The molecule has 1 N–H and O–H groups in total. The normalized spacial score (nSPS) is 10.7. The van der Waals surface area contributed by atoms with Crippen molar-refractivity contribution in [2.45, 2.75) is 13.5 Å². The van der Waals surface area contributed by atoms with Crippen LogP contribution in [0.5, 0.6) is 0 Å². The van der Waals surface area contributed by atoms with Crippen LogP contribution in [0.2, 0.25) is 10.0 Å². The maximum atomic E-state index is 12.2. The second-order valence-electron chi connectivity index (χ2n) is 5.64. The summed E-state index contributed by atoms with van der Waals surface area (Å²) in [6, 6.07) is 12.3. The van der Waals surface area contributed by atoms with Crippen molar-refractivity contribution < 1.29 is 18.7 Å². The predicted octanol–water partition coefficient (Wildman–Crippen LogP) is 4.52. The van der Waals surface area contributed by atoms with Gasteiger partial charge in [0.25, 0.3) is 5.91 Å². The van der Waals surface area contributed by atoms with Gasteiger partial charge in [-0.05, 0) is 30.7 Å². The van der Waals surface area contributed by atoms with E-state index in [1.54, 1.807) is 31.2 Å². The smallest absolute Gasteiger partial charge is 0.375 e. The van der Waals surface area contributed by atoms with Gasteiger partial charge in [0.15, 0.2) is 6.61 Å². The second kappa shape index (κ2) is 7.81. The molecule has 1 aromatic heterocycles. The highest BCUT2D eigenvalue weighted by Crippen LogP contribution is 2.25. The molecule has 0 unspecified atom stereocenters. The molecule has 0 fully saturated rings. The summed E-state index contributed by atoms with van der Waals surface area (Å²) in [4.78, 5) is 24.1. The minimum absolute atomic E-state index is 0.0970. The molecule has 134 valence electrons. The average Bonchev–Trinajstić information content (AvgIpc) is 2.96. The number of para-hydroxylation sites is 1. The molecule has 0 saturated carbocycles. The van der Waals surface area contributed by atoms with E-state index in [0.29, 0.717) is 26.8 Å². The van der Waals surface area contributed by atoms with E-state index in [-0.39, 0.29) is 12.3 Å². The van der Waals surface area contributed by atoms with Gasteiger partial charge in [0, 0.05) is 27.5 Å². The number of aryl methyl sites for hydroxylation is 1. The zero-order valence-corrected chi connectivity index (χ0v) is 15.4. The summed E-state index contributed by atoms with van der Waals surface area (Å²) in [6.07, 6.45) is 0. The van der Waals surface area contributed by atoms with E-state index < -0.39 is 18.5 Å². The minimum Gasteiger partial charge on any atom is -0.450 e. The number of hydrogen-bond acceptors (Lipinski definition) is 4. The highest BCUT2D eigenvalue weighted by molar-refractivity contribution is 6.35. The molecule has 2 aromatic carbocycles. The van der Waals surface area contributed by atoms with Gasteiger partial charge in [-0.3, -0.25) is 4.79 Å². The Kier molecular flexibility index (Phi) is 5.49.